The molecule has 0 amide bonds. The van der Waals surface area contributed by atoms with Gasteiger partial charge in [-0.25, -0.2) is 0 Å². The summed E-state index contributed by atoms with van der Waals surface area (Å²) in [6.07, 6.45) is 0. The van der Waals surface area contributed by atoms with Crippen molar-refractivity contribution >= 4 is 11.7 Å². The van der Waals surface area contributed by atoms with E-state index in [4.69, 9.17) is 14.3 Å². The fraction of sp³-hybridized carbons (Fsp3) is 0.200. The van der Waals surface area contributed by atoms with Crippen LogP contribution in [0.1, 0.15) is 11.1 Å². The lowest BCUT2D eigenvalue weighted by atomic mass is 9.96. The monoisotopic (exact) mass is 430 g/mol. The van der Waals surface area contributed by atoms with E-state index in [1.165, 1.54) is 0 Å². The molecule has 0 saturated heterocycles. The van der Waals surface area contributed by atoms with Crippen molar-refractivity contribution in [1.82, 2.24) is 15.5 Å². The highest BCUT2D eigenvalue weighted by Gasteiger charge is 2.16. The Morgan fingerprint density at radius 2 is 1.72 bits per heavy atom. The van der Waals surface area contributed by atoms with Crippen LogP contribution in [-0.2, 0) is 6.54 Å². The molecule has 3 aromatic carbocycles. The standard InChI is InChI=1S/C25H26N4O3/c1-17-20(18-8-4-3-5-9-18)11-7-12-21(17)24-28-29-25(32-24)27-22-13-6-10-19(23(22)31-2)16-26-14-15-30/h3-13,26,30H,14-16H2,1-2H3,(H,27,29). The molecular weight excluding hydrogens is 404 g/mol. The van der Waals surface area contributed by atoms with Gasteiger partial charge < -0.3 is 24.9 Å². The van der Waals surface area contributed by atoms with Gasteiger partial charge in [-0.3, -0.25) is 0 Å². The van der Waals surface area contributed by atoms with Gasteiger partial charge in [0, 0.05) is 24.2 Å². The summed E-state index contributed by atoms with van der Waals surface area (Å²) in [6.45, 7) is 3.21. The van der Waals surface area contributed by atoms with Gasteiger partial charge in [0.15, 0.2) is 0 Å². The highest BCUT2D eigenvalue weighted by molar-refractivity contribution is 5.75. The molecule has 7 heteroatoms. The summed E-state index contributed by atoms with van der Waals surface area (Å²) in [5.74, 6) is 1.13. The summed E-state index contributed by atoms with van der Waals surface area (Å²) in [5, 5.41) is 23.7. The van der Waals surface area contributed by atoms with E-state index in [2.05, 4.69) is 46.0 Å². The smallest absolute Gasteiger partial charge is 0.320 e. The average Bonchev–Trinajstić information content (AvgIpc) is 3.28. The molecule has 32 heavy (non-hydrogen) atoms. The molecule has 7 nitrogen and oxygen atoms in total. The van der Waals surface area contributed by atoms with Crippen molar-refractivity contribution < 1.29 is 14.3 Å². The lowest BCUT2D eigenvalue weighted by Gasteiger charge is -2.13. The number of methoxy groups -OCH3 is 1. The second-order valence-electron chi connectivity index (χ2n) is 7.28. The molecule has 3 N–H and O–H groups in total. The Bertz CT molecular complexity index is 1180. The molecule has 0 bridgehead atoms. The molecule has 0 aliphatic carbocycles. The van der Waals surface area contributed by atoms with Crippen LogP contribution >= 0.6 is 0 Å². The summed E-state index contributed by atoms with van der Waals surface area (Å²) in [7, 11) is 1.62. The number of anilines is 2. The maximum absolute atomic E-state index is 8.98. The molecule has 1 aromatic heterocycles. The van der Waals surface area contributed by atoms with Crippen molar-refractivity contribution in [2.75, 3.05) is 25.6 Å². The predicted octanol–water partition coefficient (Wildman–Crippen LogP) is 4.55. The van der Waals surface area contributed by atoms with Crippen LogP contribution in [0.2, 0.25) is 0 Å². The third kappa shape index (κ3) is 4.64. The Morgan fingerprint density at radius 1 is 0.938 bits per heavy atom. The first-order valence-electron chi connectivity index (χ1n) is 10.4. The third-order valence-electron chi connectivity index (χ3n) is 5.22. The normalized spacial score (nSPS) is 10.8. The zero-order chi connectivity index (χ0) is 22.3. The lowest BCUT2D eigenvalue weighted by molar-refractivity contribution is 0.291. The van der Waals surface area contributed by atoms with Gasteiger partial charge in [0.05, 0.1) is 19.4 Å². The molecule has 1 heterocycles. The van der Waals surface area contributed by atoms with E-state index in [0.717, 1.165) is 33.5 Å². The van der Waals surface area contributed by atoms with Gasteiger partial charge in [-0.2, -0.15) is 0 Å². The van der Waals surface area contributed by atoms with Crippen LogP contribution in [-0.4, -0.2) is 35.6 Å². The van der Waals surface area contributed by atoms with Gasteiger partial charge in [-0.15, -0.1) is 5.10 Å². The van der Waals surface area contributed by atoms with Crippen LogP contribution in [0.4, 0.5) is 11.7 Å². The molecule has 0 spiro atoms. The lowest BCUT2D eigenvalue weighted by Crippen LogP contribution is -2.18. The highest BCUT2D eigenvalue weighted by atomic mass is 16.5. The minimum Gasteiger partial charge on any atom is -0.494 e. The Hall–Kier alpha value is -3.68. The zero-order valence-corrected chi connectivity index (χ0v) is 18.1. The Morgan fingerprint density at radius 3 is 2.50 bits per heavy atom. The topological polar surface area (TPSA) is 92.4 Å². The molecule has 0 unspecified atom stereocenters. The first kappa shape index (κ1) is 21.5. The minimum atomic E-state index is 0.0793. The molecule has 0 aliphatic rings. The van der Waals surface area contributed by atoms with Crippen LogP contribution in [0.25, 0.3) is 22.6 Å². The van der Waals surface area contributed by atoms with E-state index in [1.807, 2.05) is 48.5 Å². The number of hydrogen-bond acceptors (Lipinski definition) is 7. The molecule has 4 rings (SSSR count). The molecule has 0 aliphatic heterocycles. The van der Waals surface area contributed by atoms with Crippen molar-refractivity contribution in [2.45, 2.75) is 13.5 Å². The fourth-order valence-corrected chi connectivity index (χ4v) is 3.66. The Labute approximate surface area is 187 Å². The van der Waals surface area contributed by atoms with Crippen LogP contribution in [0.3, 0.4) is 0 Å². The van der Waals surface area contributed by atoms with Gasteiger partial charge in [-0.05, 0) is 35.7 Å². The molecular formula is C25H26N4O3. The number of hydrogen-bond donors (Lipinski definition) is 3. The molecule has 4 aromatic rings. The summed E-state index contributed by atoms with van der Waals surface area (Å²) >= 11 is 0. The Kier molecular flexibility index (Phi) is 6.79. The average molecular weight is 431 g/mol. The largest absolute Gasteiger partial charge is 0.494 e. The second-order valence-corrected chi connectivity index (χ2v) is 7.28. The van der Waals surface area contributed by atoms with E-state index < -0.39 is 0 Å². The van der Waals surface area contributed by atoms with E-state index in [1.54, 1.807) is 7.11 Å². The zero-order valence-electron chi connectivity index (χ0n) is 18.1. The quantitative estimate of drug-likeness (QED) is 0.336. The number of aliphatic hydroxyl groups excluding tert-OH is 1. The maximum atomic E-state index is 8.98. The summed E-state index contributed by atoms with van der Waals surface area (Å²) in [4.78, 5) is 0. The minimum absolute atomic E-state index is 0.0793. The van der Waals surface area contributed by atoms with Crippen LogP contribution < -0.4 is 15.4 Å². The molecule has 0 atom stereocenters. The van der Waals surface area contributed by atoms with Gasteiger partial charge >= 0.3 is 6.01 Å². The van der Waals surface area contributed by atoms with Crippen LogP contribution in [0, 0.1) is 6.92 Å². The number of ether oxygens (including phenoxy) is 1. The van der Waals surface area contributed by atoms with Crippen LogP contribution in [0.5, 0.6) is 5.75 Å². The number of aliphatic hydroxyl groups is 1. The van der Waals surface area contributed by atoms with E-state index in [9.17, 15) is 0 Å². The van der Waals surface area contributed by atoms with Crippen molar-refractivity contribution in [1.29, 1.82) is 0 Å². The highest BCUT2D eigenvalue weighted by Crippen LogP contribution is 2.34. The van der Waals surface area contributed by atoms with Crippen molar-refractivity contribution in [3.8, 4) is 28.3 Å². The molecule has 0 radical (unpaired) electrons. The van der Waals surface area contributed by atoms with Gasteiger partial charge in [0.2, 0.25) is 5.89 Å². The Balaban J connectivity index is 1.59. The van der Waals surface area contributed by atoms with E-state index in [-0.39, 0.29) is 12.6 Å². The van der Waals surface area contributed by atoms with Crippen molar-refractivity contribution in [3.63, 3.8) is 0 Å². The third-order valence-corrected chi connectivity index (χ3v) is 5.22. The number of nitrogens with zero attached hydrogens (tertiary/aromatic N) is 2. The van der Waals surface area contributed by atoms with Gasteiger partial charge in [0.25, 0.3) is 0 Å². The number of rotatable bonds is 9. The first-order valence-corrected chi connectivity index (χ1v) is 10.4. The molecule has 164 valence electrons. The summed E-state index contributed by atoms with van der Waals surface area (Å²) in [5.41, 5.74) is 5.91. The fourth-order valence-electron chi connectivity index (χ4n) is 3.66. The number of benzene rings is 3. The van der Waals surface area contributed by atoms with Crippen molar-refractivity contribution in [3.05, 3.63) is 77.9 Å². The predicted molar refractivity (Wildman–Crippen MR) is 125 cm³/mol. The van der Waals surface area contributed by atoms with E-state index >= 15 is 0 Å². The summed E-state index contributed by atoms with van der Waals surface area (Å²) in [6, 6.07) is 22.3. The van der Waals surface area contributed by atoms with Gasteiger partial charge in [-0.1, -0.05) is 59.7 Å². The van der Waals surface area contributed by atoms with Crippen molar-refractivity contribution in [2.24, 2.45) is 0 Å². The second kappa shape index (κ2) is 10.1. The van der Waals surface area contributed by atoms with E-state index in [0.29, 0.717) is 24.7 Å². The van der Waals surface area contributed by atoms with Crippen LogP contribution in [0.15, 0.2) is 71.1 Å². The summed E-state index contributed by atoms with van der Waals surface area (Å²) < 4.78 is 11.5. The number of nitrogens with one attached hydrogen (secondary N) is 2. The first-order chi connectivity index (χ1) is 15.7. The number of aromatic nitrogens is 2. The van der Waals surface area contributed by atoms with Gasteiger partial charge in [0.1, 0.15) is 5.75 Å². The molecule has 0 saturated carbocycles. The maximum Gasteiger partial charge on any atom is 0.320 e. The molecule has 0 fully saturated rings. The number of para-hydroxylation sites is 1. The SMILES string of the molecule is COc1c(CNCCO)cccc1Nc1nnc(-c2cccc(-c3ccccc3)c2C)o1.